The molecule has 4 aromatic heterocycles. The average Bonchev–Trinajstić information content (AvgIpc) is 3.49. The summed E-state index contributed by atoms with van der Waals surface area (Å²) in [4.78, 5) is 36.2. The van der Waals surface area contributed by atoms with Gasteiger partial charge in [-0.15, -0.1) is 5.10 Å². The SMILES string of the molecule is Cc1ncc(C#Cc2cccc3cc([C@@H](C)NC(=O)c4c(N)nn5cccnc45)n(-c4ccccc4)c(=O)c23)n1C. The van der Waals surface area contributed by atoms with Crippen molar-refractivity contribution in [3.8, 4) is 17.5 Å². The Balaban J connectivity index is 1.48. The zero-order chi connectivity index (χ0) is 28.7. The number of aryl methyl sites for hydroxylation is 1. The van der Waals surface area contributed by atoms with Crippen LogP contribution in [0.1, 0.15) is 46.1 Å². The molecule has 0 unspecified atom stereocenters. The molecular weight excluding hydrogens is 516 g/mol. The normalized spacial score (nSPS) is 11.8. The Kier molecular flexibility index (Phi) is 6.32. The highest BCUT2D eigenvalue weighted by Crippen LogP contribution is 2.24. The second-order valence-corrected chi connectivity index (χ2v) is 9.66. The van der Waals surface area contributed by atoms with Gasteiger partial charge in [0.1, 0.15) is 17.1 Å². The Labute approximate surface area is 235 Å². The molecule has 10 heteroatoms. The van der Waals surface area contributed by atoms with E-state index in [1.54, 1.807) is 29.2 Å². The Bertz CT molecular complexity index is 2080. The van der Waals surface area contributed by atoms with Gasteiger partial charge in [-0.2, -0.15) is 0 Å². The summed E-state index contributed by atoms with van der Waals surface area (Å²) in [6, 6.07) is 17.9. The van der Waals surface area contributed by atoms with Crippen molar-refractivity contribution >= 4 is 28.1 Å². The van der Waals surface area contributed by atoms with Crippen molar-refractivity contribution < 1.29 is 4.79 Å². The van der Waals surface area contributed by atoms with Crippen LogP contribution >= 0.6 is 0 Å². The summed E-state index contributed by atoms with van der Waals surface area (Å²) in [5.74, 6) is 6.80. The molecule has 6 aromatic rings. The van der Waals surface area contributed by atoms with E-state index >= 15 is 0 Å². The molecule has 1 atom stereocenters. The van der Waals surface area contributed by atoms with Gasteiger partial charge in [-0.05, 0) is 55.5 Å². The predicted molar refractivity (Wildman–Crippen MR) is 157 cm³/mol. The summed E-state index contributed by atoms with van der Waals surface area (Å²) >= 11 is 0. The number of rotatable bonds is 4. The van der Waals surface area contributed by atoms with E-state index in [-0.39, 0.29) is 16.9 Å². The summed E-state index contributed by atoms with van der Waals surface area (Å²) in [5.41, 5.74) is 8.97. The largest absolute Gasteiger partial charge is 0.381 e. The Hall–Kier alpha value is -5.69. The predicted octanol–water partition coefficient (Wildman–Crippen LogP) is 3.55. The third-order valence-electron chi connectivity index (χ3n) is 7.08. The van der Waals surface area contributed by atoms with Crippen LogP contribution < -0.4 is 16.6 Å². The molecule has 41 heavy (non-hydrogen) atoms. The van der Waals surface area contributed by atoms with Crippen LogP contribution in [0.15, 0.2) is 84.0 Å². The first-order valence-electron chi connectivity index (χ1n) is 13.0. The number of fused-ring (bicyclic) bond motifs is 2. The third-order valence-corrected chi connectivity index (χ3v) is 7.08. The van der Waals surface area contributed by atoms with Gasteiger partial charge in [-0.1, -0.05) is 36.3 Å². The van der Waals surface area contributed by atoms with Crippen molar-refractivity contribution in [3.05, 3.63) is 118 Å². The van der Waals surface area contributed by atoms with E-state index in [9.17, 15) is 9.59 Å². The van der Waals surface area contributed by atoms with Crippen LogP contribution in [-0.2, 0) is 7.05 Å². The maximum Gasteiger partial charge on any atom is 0.264 e. The zero-order valence-corrected chi connectivity index (χ0v) is 22.7. The van der Waals surface area contributed by atoms with E-state index < -0.39 is 11.9 Å². The van der Waals surface area contributed by atoms with Crippen molar-refractivity contribution in [1.29, 1.82) is 0 Å². The van der Waals surface area contributed by atoms with Gasteiger partial charge in [-0.25, -0.2) is 14.5 Å². The molecule has 2 aromatic carbocycles. The molecule has 10 nitrogen and oxygen atoms in total. The summed E-state index contributed by atoms with van der Waals surface area (Å²) in [7, 11) is 1.90. The number of amides is 1. The lowest BCUT2D eigenvalue weighted by atomic mass is 10.0. The number of carbonyl (C=O) groups is 1. The van der Waals surface area contributed by atoms with E-state index in [0.29, 0.717) is 33.4 Å². The third kappa shape index (κ3) is 4.49. The molecule has 202 valence electrons. The minimum absolute atomic E-state index is 0.0687. The Morgan fingerprint density at radius 1 is 1.05 bits per heavy atom. The van der Waals surface area contributed by atoms with Crippen LogP contribution in [0.4, 0.5) is 5.82 Å². The quantitative estimate of drug-likeness (QED) is 0.328. The highest BCUT2D eigenvalue weighted by molar-refractivity contribution is 6.04. The lowest BCUT2D eigenvalue weighted by molar-refractivity contribution is 0.0941. The van der Waals surface area contributed by atoms with E-state index in [4.69, 9.17) is 5.73 Å². The Morgan fingerprint density at radius 2 is 1.85 bits per heavy atom. The second-order valence-electron chi connectivity index (χ2n) is 9.66. The van der Waals surface area contributed by atoms with E-state index in [1.165, 1.54) is 4.52 Å². The van der Waals surface area contributed by atoms with Gasteiger partial charge in [0.2, 0.25) is 0 Å². The number of nitrogens with zero attached hydrogens (tertiary/aromatic N) is 6. The van der Waals surface area contributed by atoms with Crippen molar-refractivity contribution in [2.24, 2.45) is 7.05 Å². The summed E-state index contributed by atoms with van der Waals surface area (Å²) < 4.78 is 4.97. The van der Waals surface area contributed by atoms with E-state index in [1.807, 2.05) is 80.1 Å². The highest BCUT2D eigenvalue weighted by Gasteiger charge is 2.24. The molecule has 0 spiro atoms. The van der Waals surface area contributed by atoms with Gasteiger partial charge < -0.3 is 15.6 Å². The van der Waals surface area contributed by atoms with Gasteiger partial charge >= 0.3 is 0 Å². The molecule has 0 fully saturated rings. The van der Waals surface area contributed by atoms with Crippen LogP contribution in [-0.4, -0.2) is 34.6 Å². The minimum atomic E-state index is -0.579. The molecule has 6 rings (SSSR count). The number of hydrogen-bond donors (Lipinski definition) is 2. The first-order chi connectivity index (χ1) is 19.8. The number of carbonyl (C=O) groups excluding carboxylic acids is 1. The number of para-hydroxylation sites is 1. The van der Waals surface area contributed by atoms with Crippen molar-refractivity contribution in [2.75, 3.05) is 5.73 Å². The first-order valence-corrected chi connectivity index (χ1v) is 13.0. The number of anilines is 1. The number of hydrogen-bond acceptors (Lipinski definition) is 6. The maximum atomic E-state index is 14.2. The average molecular weight is 543 g/mol. The molecule has 1 amide bonds. The van der Waals surface area contributed by atoms with Gasteiger partial charge in [0.05, 0.1) is 17.6 Å². The second kappa shape index (κ2) is 10.1. The zero-order valence-electron chi connectivity index (χ0n) is 22.7. The fourth-order valence-electron chi connectivity index (χ4n) is 4.86. The van der Waals surface area contributed by atoms with Crippen molar-refractivity contribution in [2.45, 2.75) is 19.9 Å². The molecule has 0 bridgehead atoms. The van der Waals surface area contributed by atoms with Crippen molar-refractivity contribution in [1.82, 2.24) is 34.0 Å². The van der Waals surface area contributed by atoms with Crippen LogP contribution in [0.3, 0.4) is 0 Å². The summed E-state index contributed by atoms with van der Waals surface area (Å²) in [6.07, 6.45) is 4.96. The summed E-state index contributed by atoms with van der Waals surface area (Å²) in [5, 5.41) is 8.38. The molecule has 0 saturated heterocycles. The van der Waals surface area contributed by atoms with Crippen LogP contribution in [0.2, 0.25) is 0 Å². The Morgan fingerprint density at radius 3 is 2.61 bits per heavy atom. The number of nitrogen functional groups attached to an aromatic ring is 1. The lowest BCUT2D eigenvalue weighted by Crippen LogP contribution is -2.32. The fraction of sp³-hybridized carbons (Fsp3) is 0.129. The van der Waals surface area contributed by atoms with Gasteiger partial charge in [0.25, 0.3) is 11.5 Å². The van der Waals surface area contributed by atoms with E-state index in [2.05, 4.69) is 32.2 Å². The molecule has 0 radical (unpaired) electrons. The number of aromatic nitrogens is 6. The summed E-state index contributed by atoms with van der Waals surface area (Å²) in [6.45, 7) is 3.73. The molecular formula is C31H26N8O2. The molecule has 4 heterocycles. The topological polar surface area (TPSA) is 125 Å². The van der Waals surface area contributed by atoms with Gasteiger partial charge in [0, 0.05) is 36.4 Å². The standard InChI is InChI=1S/C31H26N8O2/c1-19(35-30(40)27-28(32)36-38-16-8-15-33-29(27)38)25-17-22-10-7-9-21(13-14-24-18-34-20(2)37(24)3)26(22)31(41)39(25)23-11-5-4-6-12-23/h4-12,15-19H,1-3H3,(H2,32,36)(H,35,40)/t19-/m1/s1. The number of nitrogens with two attached hydrogens (primary N) is 1. The highest BCUT2D eigenvalue weighted by atomic mass is 16.2. The van der Waals surface area contributed by atoms with Crippen LogP contribution in [0, 0.1) is 18.8 Å². The molecule has 0 aliphatic rings. The van der Waals surface area contributed by atoms with Crippen LogP contribution in [0.5, 0.6) is 0 Å². The van der Waals surface area contributed by atoms with Crippen molar-refractivity contribution in [3.63, 3.8) is 0 Å². The molecule has 0 saturated carbocycles. The number of nitrogens with one attached hydrogen (secondary N) is 1. The van der Waals surface area contributed by atoms with Crippen LogP contribution in [0.25, 0.3) is 22.1 Å². The number of imidazole rings is 1. The van der Waals surface area contributed by atoms with E-state index in [0.717, 1.165) is 11.5 Å². The molecule has 0 aliphatic carbocycles. The molecule has 3 N–H and O–H groups in total. The lowest BCUT2D eigenvalue weighted by Gasteiger charge is -2.21. The minimum Gasteiger partial charge on any atom is -0.381 e. The smallest absolute Gasteiger partial charge is 0.264 e. The number of pyridine rings is 1. The maximum absolute atomic E-state index is 14.2. The van der Waals surface area contributed by atoms with Gasteiger partial charge in [-0.3, -0.25) is 14.2 Å². The first kappa shape index (κ1) is 25.6. The fourth-order valence-corrected chi connectivity index (χ4v) is 4.86. The monoisotopic (exact) mass is 542 g/mol. The molecule has 0 aliphatic heterocycles. The van der Waals surface area contributed by atoms with Gasteiger partial charge in [0.15, 0.2) is 11.5 Å². The number of benzene rings is 2.